The van der Waals surface area contributed by atoms with Gasteiger partial charge in [-0.05, 0) is 33.8 Å². The molecule has 0 aliphatic rings. The van der Waals surface area contributed by atoms with E-state index in [1.807, 2.05) is 33.8 Å². The fraction of sp³-hybridized carbons (Fsp3) is 0.529. The zero-order chi connectivity index (χ0) is 19.0. The van der Waals surface area contributed by atoms with Gasteiger partial charge in [-0.25, -0.2) is 9.48 Å². The molecule has 0 spiro atoms. The number of hydrogen-bond acceptors (Lipinski definition) is 5. The van der Waals surface area contributed by atoms with Gasteiger partial charge < -0.3 is 9.30 Å². The highest BCUT2D eigenvalue weighted by Gasteiger charge is 2.21. The summed E-state index contributed by atoms with van der Waals surface area (Å²) in [5, 5.41) is 4.47. The summed E-state index contributed by atoms with van der Waals surface area (Å²) in [6, 6.07) is 1.94. The molecule has 9 nitrogen and oxygen atoms in total. The van der Waals surface area contributed by atoms with Crippen molar-refractivity contribution in [3.05, 3.63) is 38.3 Å². The molecular weight excluding hydrogens is 336 g/mol. The molecule has 0 radical (unpaired) electrons. The first-order valence-corrected chi connectivity index (χ1v) is 8.72. The summed E-state index contributed by atoms with van der Waals surface area (Å²) < 4.78 is 11.4. The first-order chi connectivity index (χ1) is 12.4. The highest BCUT2D eigenvalue weighted by Crippen LogP contribution is 2.17. The number of rotatable bonds is 6. The molecule has 0 atom stereocenters. The average Bonchev–Trinajstić information content (AvgIpc) is 3.15. The van der Waals surface area contributed by atoms with E-state index < -0.39 is 5.69 Å². The number of aromatic nitrogens is 6. The third-order valence-corrected chi connectivity index (χ3v) is 4.39. The van der Waals surface area contributed by atoms with Crippen molar-refractivity contribution in [3.63, 3.8) is 0 Å². The Kier molecular flexibility index (Phi) is 4.82. The second-order valence-corrected chi connectivity index (χ2v) is 6.16. The SMILES string of the molecule is CCOCCn1c(=O)c2c(nc(-n3nc(C)cc3C)n2CC)n(C)c1=O. The van der Waals surface area contributed by atoms with Crippen LogP contribution in [-0.2, 0) is 24.9 Å². The third-order valence-electron chi connectivity index (χ3n) is 4.39. The summed E-state index contributed by atoms with van der Waals surface area (Å²) in [6.07, 6.45) is 0. The number of hydrogen-bond donors (Lipinski definition) is 0. The lowest BCUT2D eigenvalue weighted by Gasteiger charge is -2.09. The van der Waals surface area contributed by atoms with Crippen molar-refractivity contribution in [3.8, 4) is 5.95 Å². The van der Waals surface area contributed by atoms with Crippen molar-refractivity contribution < 1.29 is 4.74 Å². The lowest BCUT2D eigenvalue weighted by Crippen LogP contribution is -2.40. The predicted molar refractivity (Wildman–Crippen MR) is 98.0 cm³/mol. The molecule has 3 aromatic heterocycles. The maximum Gasteiger partial charge on any atom is 0.332 e. The number of fused-ring (bicyclic) bond motifs is 1. The Labute approximate surface area is 150 Å². The molecule has 140 valence electrons. The van der Waals surface area contributed by atoms with Crippen molar-refractivity contribution >= 4 is 11.2 Å². The molecule has 26 heavy (non-hydrogen) atoms. The van der Waals surface area contributed by atoms with Crippen LogP contribution in [0.5, 0.6) is 0 Å². The Morgan fingerprint density at radius 2 is 1.88 bits per heavy atom. The van der Waals surface area contributed by atoms with Crippen LogP contribution in [0.15, 0.2) is 15.7 Å². The van der Waals surface area contributed by atoms with Gasteiger partial charge in [0.15, 0.2) is 11.2 Å². The largest absolute Gasteiger partial charge is 0.380 e. The van der Waals surface area contributed by atoms with Gasteiger partial charge in [-0.1, -0.05) is 0 Å². The minimum absolute atomic E-state index is 0.208. The standard InChI is InChI=1S/C17H24N6O3/c1-6-21-13-14(18-16(21)23-12(4)10-11(3)19-23)20(5)17(25)22(15(13)24)8-9-26-7-2/h10H,6-9H2,1-5H3. The fourth-order valence-corrected chi connectivity index (χ4v) is 3.15. The van der Waals surface area contributed by atoms with Crippen molar-refractivity contribution in [2.24, 2.45) is 7.05 Å². The monoisotopic (exact) mass is 360 g/mol. The summed E-state index contributed by atoms with van der Waals surface area (Å²) in [5.41, 5.74) is 1.77. The van der Waals surface area contributed by atoms with Crippen molar-refractivity contribution in [2.45, 2.75) is 40.8 Å². The first kappa shape index (κ1) is 18.1. The van der Waals surface area contributed by atoms with Gasteiger partial charge in [0.05, 0.1) is 18.8 Å². The molecule has 0 amide bonds. The highest BCUT2D eigenvalue weighted by molar-refractivity contribution is 5.72. The first-order valence-electron chi connectivity index (χ1n) is 8.72. The minimum atomic E-state index is -0.400. The van der Waals surface area contributed by atoms with Crippen LogP contribution >= 0.6 is 0 Å². The van der Waals surface area contributed by atoms with Crippen LogP contribution in [0.25, 0.3) is 17.1 Å². The van der Waals surface area contributed by atoms with E-state index in [2.05, 4.69) is 10.1 Å². The molecule has 0 fully saturated rings. The van der Waals surface area contributed by atoms with E-state index in [1.165, 1.54) is 9.13 Å². The summed E-state index contributed by atoms with van der Waals surface area (Å²) >= 11 is 0. The molecule has 0 aliphatic carbocycles. The normalized spacial score (nSPS) is 11.6. The highest BCUT2D eigenvalue weighted by atomic mass is 16.5. The van der Waals surface area contributed by atoms with Gasteiger partial charge in [-0.15, -0.1) is 0 Å². The summed E-state index contributed by atoms with van der Waals surface area (Å²) in [5.74, 6) is 0.530. The molecule has 0 aromatic carbocycles. The van der Waals surface area contributed by atoms with Gasteiger partial charge >= 0.3 is 5.69 Å². The van der Waals surface area contributed by atoms with Crippen molar-refractivity contribution in [1.29, 1.82) is 0 Å². The van der Waals surface area contributed by atoms with E-state index >= 15 is 0 Å². The van der Waals surface area contributed by atoms with Gasteiger partial charge in [0.1, 0.15) is 0 Å². The molecule has 0 bridgehead atoms. The van der Waals surface area contributed by atoms with Gasteiger partial charge in [-0.3, -0.25) is 13.9 Å². The van der Waals surface area contributed by atoms with Crippen LogP contribution in [0.1, 0.15) is 25.2 Å². The maximum absolute atomic E-state index is 13.0. The Morgan fingerprint density at radius 1 is 1.15 bits per heavy atom. The number of nitrogens with zero attached hydrogens (tertiary/aromatic N) is 6. The average molecular weight is 360 g/mol. The van der Waals surface area contributed by atoms with Gasteiger partial charge in [0, 0.05) is 25.9 Å². The molecule has 3 aromatic rings. The van der Waals surface area contributed by atoms with Crippen molar-refractivity contribution in [1.82, 2.24) is 28.5 Å². The Bertz CT molecular complexity index is 1070. The minimum Gasteiger partial charge on any atom is -0.380 e. The molecular formula is C17H24N6O3. The topological polar surface area (TPSA) is 88.9 Å². The third kappa shape index (κ3) is 2.78. The zero-order valence-electron chi connectivity index (χ0n) is 15.8. The van der Waals surface area contributed by atoms with Crippen LogP contribution in [0.4, 0.5) is 0 Å². The molecule has 3 heterocycles. The van der Waals surface area contributed by atoms with E-state index in [9.17, 15) is 9.59 Å². The molecule has 9 heteroatoms. The molecule has 0 unspecified atom stereocenters. The lowest BCUT2D eigenvalue weighted by molar-refractivity contribution is 0.137. The van der Waals surface area contributed by atoms with Gasteiger partial charge in [-0.2, -0.15) is 10.1 Å². The zero-order valence-corrected chi connectivity index (χ0v) is 15.8. The maximum atomic E-state index is 13.0. The van der Waals surface area contributed by atoms with E-state index in [0.717, 1.165) is 11.4 Å². The Hall–Kier alpha value is -2.68. The second kappa shape index (κ2) is 6.91. The van der Waals surface area contributed by atoms with Gasteiger partial charge in [0.25, 0.3) is 5.56 Å². The lowest BCUT2D eigenvalue weighted by atomic mass is 10.4. The number of aryl methyl sites for hydroxylation is 4. The quantitative estimate of drug-likeness (QED) is 0.606. The molecule has 0 saturated heterocycles. The van der Waals surface area contributed by atoms with Gasteiger partial charge in [0.2, 0.25) is 5.95 Å². The van der Waals surface area contributed by atoms with Crippen LogP contribution in [0, 0.1) is 13.8 Å². The van der Waals surface area contributed by atoms with E-state index in [-0.39, 0.29) is 12.1 Å². The summed E-state index contributed by atoms with van der Waals surface area (Å²) in [7, 11) is 1.62. The summed E-state index contributed by atoms with van der Waals surface area (Å²) in [6.45, 7) is 9.22. The molecule has 0 aliphatic heterocycles. The van der Waals surface area contributed by atoms with E-state index in [4.69, 9.17) is 4.74 Å². The van der Waals surface area contributed by atoms with Crippen LogP contribution in [0.2, 0.25) is 0 Å². The van der Waals surface area contributed by atoms with E-state index in [0.29, 0.717) is 36.9 Å². The molecule has 0 N–H and O–H groups in total. The van der Waals surface area contributed by atoms with Crippen LogP contribution in [0.3, 0.4) is 0 Å². The number of ether oxygens (including phenoxy) is 1. The smallest absolute Gasteiger partial charge is 0.332 e. The summed E-state index contributed by atoms with van der Waals surface area (Å²) in [4.78, 5) is 30.2. The Morgan fingerprint density at radius 3 is 2.46 bits per heavy atom. The molecule has 3 rings (SSSR count). The second-order valence-electron chi connectivity index (χ2n) is 6.16. The molecule has 0 saturated carbocycles. The van der Waals surface area contributed by atoms with E-state index in [1.54, 1.807) is 16.3 Å². The van der Waals surface area contributed by atoms with Crippen LogP contribution < -0.4 is 11.2 Å². The number of imidazole rings is 1. The van der Waals surface area contributed by atoms with Crippen LogP contribution in [-0.4, -0.2) is 41.7 Å². The predicted octanol–water partition coefficient (Wildman–Crippen LogP) is 0.756. The Balaban J connectivity index is 2.30. The van der Waals surface area contributed by atoms with Crippen molar-refractivity contribution in [2.75, 3.05) is 13.2 Å². The fourth-order valence-electron chi connectivity index (χ4n) is 3.15.